The van der Waals surface area contributed by atoms with Gasteiger partial charge in [-0.2, -0.15) is 0 Å². The molecule has 1 heterocycles. The van der Waals surface area contributed by atoms with Crippen LogP contribution in [0.3, 0.4) is 0 Å². The number of carbonyl (C=O) groups is 2. The molecule has 2 aliphatic carbocycles. The average molecular weight is 392 g/mol. The van der Waals surface area contributed by atoms with Gasteiger partial charge >= 0.3 is 5.97 Å². The summed E-state index contributed by atoms with van der Waals surface area (Å²) in [6.45, 7) is 1.20. The highest BCUT2D eigenvalue weighted by Crippen LogP contribution is 2.55. The van der Waals surface area contributed by atoms with E-state index in [1.54, 1.807) is 12.1 Å². The molecule has 3 aliphatic rings. The predicted molar refractivity (Wildman–Crippen MR) is 106 cm³/mol. The van der Waals surface area contributed by atoms with Crippen molar-refractivity contribution in [1.29, 1.82) is 0 Å². The number of hydrogen-bond acceptors (Lipinski definition) is 4. The molecule has 2 aromatic rings. The zero-order valence-electron chi connectivity index (χ0n) is 16.2. The van der Waals surface area contributed by atoms with Crippen molar-refractivity contribution in [2.45, 2.75) is 43.3 Å². The quantitative estimate of drug-likeness (QED) is 0.855. The van der Waals surface area contributed by atoms with E-state index in [-0.39, 0.29) is 22.7 Å². The summed E-state index contributed by atoms with van der Waals surface area (Å²) < 4.78 is 12.0. The van der Waals surface area contributed by atoms with Crippen LogP contribution in [0, 0.1) is 5.92 Å². The maximum absolute atomic E-state index is 13.0. The molecule has 1 saturated heterocycles. The second-order valence-electron chi connectivity index (χ2n) is 8.52. The van der Waals surface area contributed by atoms with E-state index in [0.717, 1.165) is 24.8 Å². The fraction of sp³-hybridized carbons (Fsp3) is 0.417. The molecule has 2 aromatic carbocycles. The Labute approximate surface area is 169 Å². The van der Waals surface area contributed by atoms with Crippen molar-refractivity contribution in [1.82, 2.24) is 0 Å². The summed E-state index contributed by atoms with van der Waals surface area (Å²) in [7, 11) is 0. The third-order valence-electron chi connectivity index (χ3n) is 7.00. The minimum atomic E-state index is -1.00. The molecule has 2 atom stereocenters. The Morgan fingerprint density at radius 3 is 2.55 bits per heavy atom. The molecular weight excluding hydrogens is 368 g/mol. The molecule has 0 bridgehead atoms. The largest absolute Gasteiger partial charge is 0.478 e. The Morgan fingerprint density at radius 2 is 1.83 bits per heavy atom. The van der Waals surface area contributed by atoms with Crippen LogP contribution < -0.4 is 0 Å². The van der Waals surface area contributed by atoms with E-state index < -0.39 is 11.8 Å². The maximum atomic E-state index is 13.0. The highest BCUT2D eigenvalue weighted by molar-refractivity contribution is 6.01. The molecule has 0 radical (unpaired) electrons. The lowest BCUT2D eigenvalue weighted by Crippen LogP contribution is -2.52. The number of Topliss-reactive ketones (excluding diaryl/α,β-unsaturated/α-hetero) is 1. The smallest absolute Gasteiger partial charge is 0.335 e. The summed E-state index contributed by atoms with van der Waals surface area (Å²) in [4.78, 5) is 24.5. The first kappa shape index (κ1) is 18.5. The van der Waals surface area contributed by atoms with Crippen LogP contribution in [0.25, 0.3) is 0 Å². The van der Waals surface area contributed by atoms with Gasteiger partial charge in [-0.1, -0.05) is 36.4 Å². The normalized spacial score (nSPS) is 27.4. The molecule has 150 valence electrons. The van der Waals surface area contributed by atoms with E-state index >= 15 is 0 Å². The van der Waals surface area contributed by atoms with Gasteiger partial charge in [-0.25, -0.2) is 4.79 Å². The fourth-order valence-corrected chi connectivity index (χ4v) is 5.64. The van der Waals surface area contributed by atoms with Crippen LogP contribution in [0.4, 0.5) is 0 Å². The van der Waals surface area contributed by atoms with E-state index in [1.807, 2.05) is 24.3 Å². The van der Waals surface area contributed by atoms with E-state index in [9.17, 15) is 14.7 Å². The Morgan fingerprint density at radius 1 is 1.07 bits per heavy atom. The van der Waals surface area contributed by atoms with Gasteiger partial charge in [-0.15, -0.1) is 0 Å². The SMILES string of the molecule is O=C(O)c1ccc2c(c1)C(=O)CC1CC3(CCC21Cc1ccccc1)OCCO3. The van der Waals surface area contributed by atoms with Crippen molar-refractivity contribution >= 4 is 11.8 Å². The molecule has 0 amide bonds. The second-order valence-corrected chi connectivity index (χ2v) is 8.52. The van der Waals surface area contributed by atoms with Crippen molar-refractivity contribution in [2.24, 2.45) is 5.92 Å². The van der Waals surface area contributed by atoms with Crippen molar-refractivity contribution in [3.8, 4) is 0 Å². The number of carboxylic acids is 1. The van der Waals surface area contributed by atoms with E-state index in [1.165, 1.54) is 5.56 Å². The average Bonchev–Trinajstić information content (AvgIpc) is 3.18. The molecule has 5 nitrogen and oxygen atoms in total. The highest BCUT2D eigenvalue weighted by Gasteiger charge is 2.55. The zero-order chi connectivity index (χ0) is 20.1. The summed E-state index contributed by atoms with van der Waals surface area (Å²) >= 11 is 0. The summed E-state index contributed by atoms with van der Waals surface area (Å²) in [5, 5.41) is 9.40. The number of carboxylic acid groups (broad SMARTS) is 1. The molecule has 1 saturated carbocycles. The van der Waals surface area contributed by atoms with Crippen LogP contribution in [0.15, 0.2) is 48.5 Å². The standard InChI is InChI=1S/C24H24O5/c25-21-13-18-15-24(28-10-11-29-24)9-8-23(18,14-16-4-2-1-3-5-16)20-7-6-17(22(26)27)12-19(20)21/h1-7,12,18H,8-11,13-15H2,(H,26,27). The predicted octanol–water partition coefficient (Wildman–Crippen LogP) is 3.99. The Balaban J connectivity index is 1.62. The molecule has 1 spiro atoms. The minimum Gasteiger partial charge on any atom is -0.478 e. The Bertz CT molecular complexity index is 960. The Kier molecular flexibility index (Phi) is 4.33. The third-order valence-corrected chi connectivity index (χ3v) is 7.00. The number of ketones is 1. The first-order valence-corrected chi connectivity index (χ1v) is 10.2. The number of rotatable bonds is 3. The minimum absolute atomic E-state index is 0.0202. The molecule has 29 heavy (non-hydrogen) atoms. The number of ether oxygens (including phenoxy) is 2. The monoisotopic (exact) mass is 392 g/mol. The lowest BCUT2D eigenvalue weighted by atomic mass is 9.53. The van der Waals surface area contributed by atoms with Gasteiger partial charge in [0.2, 0.25) is 0 Å². The molecular formula is C24H24O5. The second kappa shape index (κ2) is 6.78. The number of fused-ring (bicyclic) bond motifs is 3. The topological polar surface area (TPSA) is 72.8 Å². The van der Waals surface area contributed by atoms with Crippen LogP contribution in [0.5, 0.6) is 0 Å². The van der Waals surface area contributed by atoms with Gasteiger partial charge in [0.15, 0.2) is 11.6 Å². The first-order chi connectivity index (χ1) is 14.0. The summed E-state index contributed by atoms with van der Waals surface area (Å²) in [5.41, 5.74) is 2.73. The van der Waals surface area contributed by atoms with E-state index in [2.05, 4.69) is 12.1 Å². The van der Waals surface area contributed by atoms with Crippen LogP contribution >= 0.6 is 0 Å². The molecule has 5 rings (SSSR count). The number of aromatic carboxylic acids is 1. The van der Waals surface area contributed by atoms with Gasteiger partial charge in [0, 0.05) is 30.2 Å². The first-order valence-electron chi connectivity index (χ1n) is 10.2. The molecule has 2 fully saturated rings. The summed E-state index contributed by atoms with van der Waals surface area (Å²) in [6, 6.07) is 15.4. The summed E-state index contributed by atoms with van der Waals surface area (Å²) in [5.74, 6) is -1.45. The molecule has 5 heteroatoms. The van der Waals surface area contributed by atoms with Crippen LogP contribution in [-0.4, -0.2) is 35.9 Å². The van der Waals surface area contributed by atoms with Crippen molar-refractivity contribution in [3.63, 3.8) is 0 Å². The van der Waals surface area contributed by atoms with Crippen LogP contribution in [0.2, 0.25) is 0 Å². The lowest BCUT2D eigenvalue weighted by Gasteiger charge is -2.52. The number of hydrogen-bond donors (Lipinski definition) is 1. The van der Waals surface area contributed by atoms with Gasteiger partial charge in [-0.05, 0) is 42.0 Å². The van der Waals surface area contributed by atoms with Gasteiger partial charge in [0.25, 0.3) is 0 Å². The third kappa shape index (κ3) is 3.00. The van der Waals surface area contributed by atoms with E-state index in [4.69, 9.17) is 9.47 Å². The molecule has 2 unspecified atom stereocenters. The lowest BCUT2D eigenvalue weighted by molar-refractivity contribution is -0.199. The molecule has 0 aromatic heterocycles. The van der Waals surface area contributed by atoms with Crippen molar-refractivity contribution in [2.75, 3.05) is 13.2 Å². The zero-order valence-corrected chi connectivity index (χ0v) is 16.2. The summed E-state index contributed by atoms with van der Waals surface area (Å²) in [6.07, 6.45) is 3.55. The fourth-order valence-electron chi connectivity index (χ4n) is 5.64. The van der Waals surface area contributed by atoms with E-state index in [0.29, 0.717) is 31.6 Å². The Hall–Kier alpha value is -2.50. The van der Waals surface area contributed by atoms with Gasteiger partial charge in [0.1, 0.15) is 0 Å². The number of carbonyl (C=O) groups excluding carboxylic acids is 1. The van der Waals surface area contributed by atoms with Crippen LogP contribution in [-0.2, 0) is 21.3 Å². The highest BCUT2D eigenvalue weighted by atomic mass is 16.7. The number of benzene rings is 2. The van der Waals surface area contributed by atoms with Crippen molar-refractivity contribution in [3.05, 3.63) is 70.8 Å². The van der Waals surface area contributed by atoms with Crippen molar-refractivity contribution < 1.29 is 24.2 Å². The molecule has 1 N–H and O–H groups in total. The van der Waals surface area contributed by atoms with Gasteiger partial charge in [0.05, 0.1) is 18.8 Å². The van der Waals surface area contributed by atoms with Crippen LogP contribution in [0.1, 0.15) is 57.5 Å². The molecule has 1 aliphatic heterocycles. The van der Waals surface area contributed by atoms with Gasteiger partial charge in [-0.3, -0.25) is 4.79 Å². The maximum Gasteiger partial charge on any atom is 0.335 e. The van der Waals surface area contributed by atoms with Gasteiger partial charge < -0.3 is 14.6 Å².